The van der Waals surface area contributed by atoms with Gasteiger partial charge in [0.15, 0.2) is 0 Å². The molecule has 0 fully saturated rings. The van der Waals surface area contributed by atoms with Gasteiger partial charge in [0.2, 0.25) is 0 Å². The van der Waals surface area contributed by atoms with Crippen LogP contribution in [0.2, 0.25) is 0 Å². The lowest BCUT2D eigenvalue weighted by Gasteiger charge is -2.05. The number of hydrogen-bond acceptors (Lipinski definition) is 3. The highest BCUT2D eigenvalue weighted by Gasteiger charge is 2.06. The Kier molecular flexibility index (Phi) is 3.20. The molecule has 2 aromatic rings. The average molecular weight is 232 g/mol. The van der Waals surface area contributed by atoms with E-state index in [4.69, 9.17) is 9.84 Å². The molecule has 17 heavy (non-hydrogen) atoms. The molecule has 2 rings (SSSR count). The Morgan fingerprint density at radius 2 is 2.41 bits per heavy atom. The molecule has 0 bridgehead atoms. The summed E-state index contributed by atoms with van der Waals surface area (Å²) in [5.74, 6) is -0.984. The summed E-state index contributed by atoms with van der Waals surface area (Å²) >= 11 is 0. The summed E-state index contributed by atoms with van der Waals surface area (Å²) in [5.41, 5.74) is 3.15. The first-order chi connectivity index (χ1) is 8.20. The van der Waals surface area contributed by atoms with Gasteiger partial charge in [0, 0.05) is 13.2 Å². The molecule has 0 atom stereocenters. The SMILES string of the molecule is COC/C(=C\C(=O)O)c1ccc2nc[nH]c2c1. The maximum atomic E-state index is 10.7. The van der Waals surface area contributed by atoms with Crippen molar-refractivity contribution in [3.8, 4) is 0 Å². The van der Waals surface area contributed by atoms with Crippen molar-refractivity contribution in [1.29, 1.82) is 0 Å². The Balaban J connectivity index is 2.44. The third kappa shape index (κ3) is 2.51. The number of fused-ring (bicyclic) bond motifs is 1. The summed E-state index contributed by atoms with van der Waals surface area (Å²) in [5, 5.41) is 8.79. The number of carbonyl (C=O) groups is 1. The van der Waals surface area contributed by atoms with Crippen molar-refractivity contribution in [2.75, 3.05) is 13.7 Å². The van der Waals surface area contributed by atoms with Crippen LogP contribution in [-0.4, -0.2) is 34.8 Å². The maximum absolute atomic E-state index is 10.7. The fraction of sp³-hybridized carbons (Fsp3) is 0.167. The quantitative estimate of drug-likeness (QED) is 0.786. The molecule has 0 aliphatic carbocycles. The molecular weight excluding hydrogens is 220 g/mol. The number of methoxy groups -OCH3 is 1. The number of H-pyrrole nitrogens is 1. The van der Waals surface area contributed by atoms with Crippen LogP contribution >= 0.6 is 0 Å². The van der Waals surface area contributed by atoms with E-state index >= 15 is 0 Å². The van der Waals surface area contributed by atoms with E-state index in [1.807, 2.05) is 18.2 Å². The van der Waals surface area contributed by atoms with Crippen molar-refractivity contribution >= 4 is 22.6 Å². The number of hydrogen-bond donors (Lipinski definition) is 2. The van der Waals surface area contributed by atoms with Crippen LogP contribution < -0.4 is 0 Å². The van der Waals surface area contributed by atoms with Gasteiger partial charge in [-0.2, -0.15) is 0 Å². The minimum Gasteiger partial charge on any atom is -0.478 e. The summed E-state index contributed by atoms with van der Waals surface area (Å²) in [7, 11) is 1.53. The zero-order valence-electron chi connectivity index (χ0n) is 9.30. The van der Waals surface area contributed by atoms with E-state index in [1.54, 1.807) is 6.33 Å². The summed E-state index contributed by atoms with van der Waals surface area (Å²) in [6.45, 7) is 0.256. The third-order valence-electron chi connectivity index (χ3n) is 2.39. The molecule has 2 N–H and O–H groups in total. The van der Waals surface area contributed by atoms with Crippen LogP contribution in [0.1, 0.15) is 5.56 Å². The van der Waals surface area contributed by atoms with Crippen LogP contribution in [0.4, 0.5) is 0 Å². The van der Waals surface area contributed by atoms with E-state index < -0.39 is 5.97 Å². The minimum absolute atomic E-state index is 0.256. The first-order valence-electron chi connectivity index (χ1n) is 5.06. The highest BCUT2D eigenvalue weighted by molar-refractivity contribution is 5.91. The van der Waals surface area contributed by atoms with Crippen molar-refractivity contribution in [1.82, 2.24) is 9.97 Å². The smallest absolute Gasteiger partial charge is 0.328 e. The molecule has 0 amide bonds. The Morgan fingerprint density at radius 3 is 3.12 bits per heavy atom. The molecule has 88 valence electrons. The summed E-state index contributed by atoms with van der Waals surface area (Å²) < 4.78 is 5.00. The molecule has 5 heteroatoms. The standard InChI is InChI=1S/C12H12N2O3/c1-17-6-9(5-12(15)16)8-2-3-10-11(4-8)14-7-13-10/h2-5,7H,6H2,1H3,(H,13,14)(H,15,16)/b9-5+. The van der Waals surface area contributed by atoms with Gasteiger partial charge in [-0.3, -0.25) is 0 Å². The monoisotopic (exact) mass is 232 g/mol. The summed E-state index contributed by atoms with van der Waals surface area (Å²) in [6.07, 6.45) is 2.76. The first kappa shape index (κ1) is 11.3. The average Bonchev–Trinajstić information content (AvgIpc) is 2.74. The molecule has 0 saturated carbocycles. The second-order valence-electron chi connectivity index (χ2n) is 3.58. The molecule has 0 saturated heterocycles. The Labute approximate surface area is 97.7 Å². The predicted molar refractivity (Wildman–Crippen MR) is 63.6 cm³/mol. The number of nitrogens with zero attached hydrogens (tertiary/aromatic N) is 1. The number of carboxylic acid groups (broad SMARTS) is 1. The minimum atomic E-state index is -0.984. The van der Waals surface area contributed by atoms with E-state index in [-0.39, 0.29) is 6.61 Å². The number of imidazole rings is 1. The molecule has 0 unspecified atom stereocenters. The Morgan fingerprint density at radius 1 is 1.59 bits per heavy atom. The molecule has 0 spiro atoms. The van der Waals surface area contributed by atoms with Crippen LogP contribution in [0, 0.1) is 0 Å². The molecule has 0 radical (unpaired) electrons. The van der Waals surface area contributed by atoms with Crippen LogP contribution in [0.3, 0.4) is 0 Å². The van der Waals surface area contributed by atoms with Gasteiger partial charge in [0.1, 0.15) is 0 Å². The van der Waals surface area contributed by atoms with Gasteiger partial charge in [0.25, 0.3) is 0 Å². The van der Waals surface area contributed by atoms with Gasteiger partial charge in [-0.25, -0.2) is 9.78 Å². The molecule has 1 aromatic heterocycles. The number of ether oxygens (including phenoxy) is 1. The fourth-order valence-corrected chi connectivity index (χ4v) is 1.65. The van der Waals surface area contributed by atoms with Gasteiger partial charge in [-0.1, -0.05) is 6.07 Å². The lowest BCUT2D eigenvalue weighted by molar-refractivity contribution is -0.131. The molecule has 0 aliphatic rings. The molecule has 5 nitrogen and oxygen atoms in total. The zero-order valence-corrected chi connectivity index (χ0v) is 9.30. The lowest BCUT2D eigenvalue weighted by Crippen LogP contribution is -1.98. The molecule has 1 aromatic carbocycles. The van der Waals surface area contributed by atoms with Gasteiger partial charge < -0.3 is 14.8 Å². The van der Waals surface area contributed by atoms with Crippen LogP contribution in [0.25, 0.3) is 16.6 Å². The number of nitrogens with one attached hydrogen (secondary N) is 1. The van der Waals surface area contributed by atoms with Gasteiger partial charge in [-0.05, 0) is 23.3 Å². The predicted octanol–water partition coefficient (Wildman–Crippen LogP) is 1.68. The van der Waals surface area contributed by atoms with E-state index in [9.17, 15) is 4.79 Å². The van der Waals surface area contributed by atoms with Crippen molar-refractivity contribution < 1.29 is 14.6 Å². The lowest BCUT2D eigenvalue weighted by atomic mass is 10.1. The molecule has 0 aliphatic heterocycles. The highest BCUT2D eigenvalue weighted by Crippen LogP contribution is 2.19. The van der Waals surface area contributed by atoms with Gasteiger partial charge >= 0.3 is 5.97 Å². The second-order valence-corrected chi connectivity index (χ2v) is 3.58. The van der Waals surface area contributed by atoms with Gasteiger partial charge in [-0.15, -0.1) is 0 Å². The second kappa shape index (κ2) is 4.80. The van der Waals surface area contributed by atoms with Crippen LogP contribution in [0.15, 0.2) is 30.6 Å². The van der Waals surface area contributed by atoms with Crippen molar-refractivity contribution in [2.24, 2.45) is 0 Å². The number of carboxylic acids is 1. The molecule has 1 heterocycles. The summed E-state index contributed by atoms with van der Waals surface area (Å²) in [6, 6.07) is 5.53. The Hall–Kier alpha value is -2.14. The van der Waals surface area contributed by atoms with E-state index in [0.29, 0.717) is 5.57 Å². The van der Waals surface area contributed by atoms with Crippen LogP contribution in [0.5, 0.6) is 0 Å². The maximum Gasteiger partial charge on any atom is 0.328 e. The van der Waals surface area contributed by atoms with E-state index in [1.165, 1.54) is 7.11 Å². The third-order valence-corrected chi connectivity index (χ3v) is 2.39. The summed E-state index contributed by atoms with van der Waals surface area (Å²) in [4.78, 5) is 17.8. The van der Waals surface area contributed by atoms with E-state index in [2.05, 4.69) is 9.97 Å². The van der Waals surface area contributed by atoms with E-state index in [0.717, 1.165) is 22.7 Å². The number of aromatic amines is 1. The Bertz CT molecular complexity index is 572. The topological polar surface area (TPSA) is 75.2 Å². The normalized spacial score (nSPS) is 11.9. The van der Waals surface area contributed by atoms with Crippen molar-refractivity contribution in [3.63, 3.8) is 0 Å². The molecular formula is C12H12N2O3. The number of benzene rings is 1. The highest BCUT2D eigenvalue weighted by atomic mass is 16.5. The first-order valence-corrected chi connectivity index (χ1v) is 5.06. The van der Waals surface area contributed by atoms with Crippen LogP contribution in [-0.2, 0) is 9.53 Å². The number of rotatable bonds is 4. The van der Waals surface area contributed by atoms with Crippen molar-refractivity contribution in [3.05, 3.63) is 36.2 Å². The number of aromatic nitrogens is 2. The zero-order chi connectivity index (χ0) is 12.3. The van der Waals surface area contributed by atoms with Gasteiger partial charge in [0.05, 0.1) is 24.0 Å². The van der Waals surface area contributed by atoms with Crippen molar-refractivity contribution in [2.45, 2.75) is 0 Å². The number of aliphatic carboxylic acids is 1. The fourth-order valence-electron chi connectivity index (χ4n) is 1.65. The largest absolute Gasteiger partial charge is 0.478 e.